The molecule has 1 aromatic rings. The van der Waals surface area contributed by atoms with Crippen LogP contribution >= 0.6 is 0 Å². The topological polar surface area (TPSA) is 69.6 Å². The van der Waals surface area contributed by atoms with E-state index in [1.165, 1.54) is 0 Å². The maximum absolute atomic E-state index is 10.7. The number of carbonyl (C=O) groups is 1. The maximum atomic E-state index is 10.7. The Morgan fingerprint density at radius 3 is 2.23 bits per heavy atom. The van der Waals surface area contributed by atoms with Crippen molar-refractivity contribution in [2.75, 3.05) is 0 Å². The molecule has 0 radical (unpaired) electrons. The van der Waals surface area contributed by atoms with E-state index in [0.717, 1.165) is 11.1 Å². The van der Waals surface area contributed by atoms with E-state index in [4.69, 9.17) is 10.3 Å². The molecule has 0 spiro atoms. The molecule has 0 bridgehead atoms. The summed E-state index contributed by atoms with van der Waals surface area (Å²) in [6.45, 7) is -0.00746. The zero-order chi connectivity index (χ0) is 9.68. The first-order valence-electron chi connectivity index (χ1n) is 3.88. The lowest BCUT2D eigenvalue weighted by molar-refractivity contribution is -0.128. The molecule has 0 aromatic heterocycles. The van der Waals surface area contributed by atoms with Crippen LogP contribution in [0.15, 0.2) is 24.3 Å². The van der Waals surface area contributed by atoms with Crippen LogP contribution < -0.4 is 5.48 Å². The molecular formula is C9H11NO3. The highest BCUT2D eigenvalue weighted by Gasteiger charge is 2.00. The maximum Gasteiger partial charge on any atom is 0.247 e. The number of nitrogens with one attached hydrogen (secondary N) is 1. The summed E-state index contributed by atoms with van der Waals surface area (Å²) in [5, 5.41) is 17.0. The van der Waals surface area contributed by atoms with Gasteiger partial charge in [-0.1, -0.05) is 24.3 Å². The third kappa shape index (κ3) is 2.85. The van der Waals surface area contributed by atoms with Crippen molar-refractivity contribution in [3.63, 3.8) is 0 Å². The number of aliphatic hydroxyl groups excluding tert-OH is 1. The first-order chi connectivity index (χ1) is 6.26. The predicted octanol–water partition coefficient (Wildman–Crippen LogP) is 0.227. The van der Waals surface area contributed by atoms with Crippen LogP contribution in [0.3, 0.4) is 0 Å². The summed E-state index contributed by atoms with van der Waals surface area (Å²) in [6, 6.07) is 6.95. The number of benzene rings is 1. The largest absolute Gasteiger partial charge is 0.392 e. The van der Waals surface area contributed by atoms with Crippen molar-refractivity contribution < 1.29 is 15.1 Å². The van der Waals surface area contributed by atoms with Gasteiger partial charge >= 0.3 is 0 Å². The van der Waals surface area contributed by atoms with Crippen molar-refractivity contribution in [2.45, 2.75) is 13.0 Å². The quantitative estimate of drug-likeness (QED) is 0.461. The van der Waals surface area contributed by atoms with Crippen LogP contribution in [-0.4, -0.2) is 16.2 Å². The van der Waals surface area contributed by atoms with E-state index in [1.807, 2.05) is 0 Å². The Balaban J connectivity index is 2.64. The van der Waals surface area contributed by atoms with E-state index in [-0.39, 0.29) is 13.0 Å². The number of rotatable bonds is 3. The molecule has 0 saturated heterocycles. The average molecular weight is 181 g/mol. The second kappa shape index (κ2) is 4.59. The SMILES string of the molecule is O=C(Cc1ccc(CO)cc1)NO. The van der Waals surface area contributed by atoms with Crippen molar-refractivity contribution in [3.8, 4) is 0 Å². The number of aliphatic hydroxyl groups is 1. The number of hydrogen-bond donors (Lipinski definition) is 3. The van der Waals surface area contributed by atoms with Gasteiger partial charge in [0.05, 0.1) is 13.0 Å². The summed E-state index contributed by atoms with van der Waals surface area (Å²) < 4.78 is 0. The first kappa shape index (κ1) is 9.70. The highest BCUT2D eigenvalue weighted by Crippen LogP contribution is 2.04. The van der Waals surface area contributed by atoms with Gasteiger partial charge in [0.1, 0.15) is 0 Å². The van der Waals surface area contributed by atoms with Crippen LogP contribution in [0.25, 0.3) is 0 Å². The number of hydroxylamine groups is 1. The Bertz CT molecular complexity index is 281. The summed E-state index contributed by atoms with van der Waals surface area (Å²) in [5.41, 5.74) is 3.15. The van der Waals surface area contributed by atoms with E-state index in [0.29, 0.717) is 0 Å². The van der Waals surface area contributed by atoms with Gasteiger partial charge in [-0.3, -0.25) is 10.0 Å². The van der Waals surface area contributed by atoms with Gasteiger partial charge in [-0.25, -0.2) is 5.48 Å². The van der Waals surface area contributed by atoms with Crippen LogP contribution in [0.5, 0.6) is 0 Å². The van der Waals surface area contributed by atoms with Gasteiger partial charge in [-0.15, -0.1) is 0 Å². The van der Waals surface area contributed by atoms with Crippen molar-refractivity contribution in [3.05, 3.63) is 35.4 Å². The van der Waals surface area contributed by atoms with Crippen molar-refractivity contribution in [2.24, 2.45) is 0 Å². The molecule has 0 aliphatic rings. The van der Waals surface area contributed by atoms with Crippen LogP contribution in [-0.2, 0) is 17.8 Å². The molecule has 1 aromatic carbocycles. The first-order valence-corrected chi connectivity index (χ1v) is 3.88. The van der Waals surface area contributed by atoms with Gasteiger partial charge in [0, 0.05) is 0 Å². The minimum absolute atomic E-state index is 0.00746. The Morgan fingerprint density at radius 2 is 1.77 bits per heavy atom. The zero-order valence-corrected chi connectivity index (χ0v) is 7.03. The second-order valence-electron chi connectivity index (χ2n) is 2.69. The molecule has 13 heavy (non-hydrogen) atoms. The number of hydrogen-bond acceptors (Lipinski definition) is 3. The molecule has 3 N–H and O–H groups in total. The lowest BCUT2D eigenvalue weighted by Gasteiger charge is -2.00. The Morgan fingerprint density at radius 1 is 1.23 bits per heavy atom. The highest BCUT2D eigenvalue weighted by molar-refractivity contribution is 5.77. The van der Waals surface area contributed by atoms with Gasteiger partial charge in [0.25, 0.3) is 0 Å². The minimum Gasteiger partial charge on any atom is -0.392 e. The van der Waals surface area contributed by atoms with Crippen LogP contribution in [0.4, 0.5) is 0 Å². The van der Waals surface area contributed by atoms with Gasteiger partial charge in [0.15, 0.2) is 0 Å². The number of carbonyl (C=O) groups excluding carboxylic acids is 1. The van der Waals surface area contributed by atoms with E-state index in [1.54, 1.807) is 29.7 Å². The zero-order valence-electron chi connectivity index (χ0n) is 7.03. The molecule has 1 rings (SSSR count). The lowest BCUT2D eigenvalue weighted by atomic mass is 10.1. The second-order valence-corrected chi connectivity index (χ2v) is 2.69. The van der Waals surface area contributed by atoms with Crippen molar-refractivity contribution in [1.29, 1.82) is 0 Å². The number of amides is 1. The summed E-state index contributed by atoms with van der Waals surface area (Å²) >= 11 is 0. The standard InChI is InChI=1S/C9H11NO3/c11-6-8-3-1-7(2-4-8)5-9(12)10-13/h1-4,11,13H,5-6H2,(H,10,12). The van der Waals surface area contributed by atoms with Crippen LogP contribution in [0.1, 0.15) is 11.1 Å². The van der Waals surface area contributed by atoms with Gasteiger partial charge in [-0.2, -0.15) is 0 Å². The molecule has 0 aliphatic heterocycles. The summed E-state index contributed by atoms with van der Waals surface area (Å²) in [6.07, 6.45) is 0.141. The monoisotopic (exact) mass is 181 g/mol. The predicted molar refractivity (Wildman–Crippen MR) is 46.0 cm³/mol. The highest BCUT2D eigenvalue weighted by atomic mass is 16.5. The molecule has 4 nitrogen and oxygen atoms in total. The average Bonchev–Trinajstić information content (AvgIpc) is 2.19. The molecule has 4 heteroatoms. The Kier molecular flexibility index (Phi) is 3.42. The minimum atomic E-state index is -0.447. The Labute approximate surface area is 75.8 Å². The van der Waals surface area contributed by atoms with Gasteiger partial charge in [-0.05, 0) is 11.1 Å². The van der Waals surface area contributed by atoms with Crippen molar-refractivity contribution >= 4 is 5.91 Å². The molecule has 0 atom stereocenters. The van der Waals surface area contributed by atoms with E-state index >= 15 is 0 Å². The molecule has 0 unspecified atom stereocenters. The fourth-order valence-corrected chi connectivity index (χ4v) is 0.987. The third-order valence-electron chi connectivity index (χ3n) is 1.69. The van der Waals surface area contributed by atoms with Crippen LogP contribution in [0, 0.1) is 0 Å². The van der Waals surface area contributed by atoms with E-state index in [9.17, 15) is 4.79 Å². The molecule has 70 valence electrons. The van der Waals surface area contributed by atoms with Crippen LogP contribution in [0.2, 0.25) is 0 Å². The molecule has 0 saturated carbocycles. The van der Waals surface area contributed by atoms with E-state index in [2.05, 4.69) is 0 Å². The molecular weight excluding hydrogens is 170 g/mol. The Hall–Kier alpha value is -1.39. The molecule has 1 amide bonds. The fourth-order valence-electron chi connectivity index (χ4n) is 0.987. The van der Waals surface area contributed by atoms with Gasteiger partial charge < -0.3 is 5.11 Å². The summed E-state index contributed by atoms with van der Waals surface area (Å²) in [4.78, 5) is 10.7. The molecule has 0 heterocycles. The fraction of sp³-hybridized carbons (Fsp3) is 0.222. The van der Waals surface area contributed by atoms with E-state index < -0.39 is 5.91 Å². The molecule has 0 aliphatic carbocycles. The normalized spacial score (nSPS) is 9.69. The third-order valence-corrected chi connectivity index (χ3v) is 1.69. The van der Waals surface area contributed by atoms with Crippen molar-refractivity contribution in [1.82, 2.24) is 5.48 Å². The summed E-state index contributed by atoms with van der Waals surface area (Å²) in [5.74, 6) is -0.447. The molecule has 0 fully saturated rings. The smallest absolute Gasteiger partial charge is 0.247 e. The lowest BCUT2D eigenvalue weighted by Crippen LogP contribution is -2.20. The summed E-state index contributed by atoms with van der Waals surface area (Å²) in [7, 11) is 0. The van der Waals surface area contributed by atoms with Gasteiger partial charge in [0.2, 0.25) is 5.91 Å².